The molecule has 1 aliphatic heterocycles. The van der Waals surface area contributed by atoms with Gasteiger partial charge in [0.05, 0.1) is 13.2 Å². The van der Waals surface area contributed by atoms with Crippen LogP contribution in [-0.4, -0.2) is 48.8 Å². The van der Waals surface area contributed by atoms with Gasteiger partial charge in [0.2, 0.25) is 0 Å². The van der Waals surface area contributed by atoms with Gasteiger partial charge in [0, 0.05) is 31.5 Å². The molecule has 26 heavy (non-hydrogen) atoms. The van der Waals surface area contributed by atoms with Gasteiger partial charge in [-0.15, -0.1) is 0 Å². The van der Waals surface area contributed by atoms with Crippen LogP contribution in [0.4, 0.5) is 8.78 Å². The third-order valence-corrected chi connectivity index (χ3v) is 4.41. The Morgan fingerprint density at radius 3 is 2.62 bits per heavy atom. The van der Waals surface area contributed by atoms with Crippen LogP contribution in [0.5, 0.6) is 11.5 Å². The van der Waals surface area contributed by atoms with Crippen LogP contribution in [0, 0.1) is 6.57 Å². The van der Waals surface area contributed by atoms with E-state index in [0.29, 0.717) is 44.5 Å². The van der Waals surface area contributed by atoms with Crippen LogP contribution < -0.4 is 9.47 Å². The Kier molecular flexibility index (Phi) is 6.75. The number of carboxylic acid groups (broad SMARTS) is 1. The van der Waals surface area contributed by atoms with Crippen molar-refractivity contribution >= 4 is 5.97 Å². The van der Waals surface area contributed by atoms with Crippen LogP contribution in [0.15, 0.2) is 18.2 Å². The smallest absolute Gasteiger partial charge is 0.387 e. The fourth-order valence-corrected chi connectivity index (χ4v) is 3.05. The minimum atomic E-state index is -2.96. The van der Waals surface area contributed by atoms with Gasteiger partial charge in [0.15, 0.2) is 11.5 Å². The quantitative estimate of drug-likeness (QED) is 0.713. The Morgan fingerprint density at radius 1 is 1.38 bits per heavy atom. The van der Waals surface area contributed by atoms with E-state index in [-0.39, 0.29) is 18.0 Å². The van der Waals surface area contributed by atoms with Gasteiger partial charge < -0.3 is 19.4 Å². The van der Waals surface area contributed by atoms with Gasteiger partial charge in [-0.1, -0.05) is 6.92 Å². The molecule has 0 unspecified atom stereocenters. The Labute approximate surface area is 151 Å². The van der Waals surface area contributed by atoms with E-state index in [0.717, 1.165) is 0 Å². The van der Waals surface area contributed by atoms with Crippen molar-refractivity contribution in [3.05, 3.63) is 35.2 Å². The molecule has 0 aliphatic carbocycles. The van der Waals surface area contributed by atoms with Gasteiger partial charge in [-0.3, -0.25) is 9.69 Å². The molecule has 8 heteroatoms. The van der Waals surface area contributed by atoms with Crippen molar-refractivity contribution < 1.29 is 28.2 Å². The van der Waals surface area contributed by atoms with Crippen molar-refractivity contribution in [2.45, 2.75) is 38.3 Å². The molecular weight excluding hydrogens is 346 g/mol. The van der Waals surface area contributed by atoms with Gasteiger partial charge in [-0.05, 0) is 24.6 Å². The highest BCUT2D eigenvalue weighted by molar-refractivity contribution is 5.69. The monoisotopic (exact) mass is 368 g/mol. The summed E-state index contributed by atoms with van der Waals surface area (Å²) in [5, 5.41) is 8.90. The first-order valence-electron chi connectivity index (χ1n) is 8.45. The molecule has 0 amide bonds. The van der Waals surface area contributed by atoms with Crippen molar-refractivity contribution in [3.63, 3.8) is 0 Å². The van der Waals surface area contributed by atoms with Gasteiger partial charge in [0.25, 0.3) is 5.54 Å². The predicted octanol–water partition coefficient (Wildman–Crippen LogP) is 3.37. The van der Waals surface area contributed by atoms with Gasteiger partial charge >= 0.3 is 12.6 Å². The summed E-state index contributed by atoms with van der Waals surface area (Å²) in [4.78, 5) is 16.4. The second-order valence-corrected chi connectivity index (χ2v) is 6.20. The number of rotatable bonds is 8. The average Bonchev–Trinajstić information content (AvgIpc) is 2.61. The minimum Gasteiger partial charge on any atom is -0.490 e. The van der Waals surface area contributed by atoms with Gasteiger partial charge in [0.1, 0.15) is 0 Å². The van der Waals surface area contributed by atoms with Crippen molar-refractivity contribution in [2.24, 2.45) is 0 Å². The number of halogens is 2. The Bertz CT molecular complexity index is 668. The Balaban J connectivity index is 2.25. The van der Waals surface area contributed by atoms with Gasteiger partial charge in [-0.25, -0.2) is 6.57 Å². The molecule has 1 aliphatic rings. The van der Waals surface area contributed by atoms with Crippen LogP contribution in [0.3, 0.4) is 0 Å². The van der Waals surface area contributed by atoms with E-state index in [4.69, 9.17) is 16.4 Å². The molecular formula is C18H22F2N2O4. The van der Waals surface area contributed by atoms with E-state index >= 15 is 0 Å². The zero-order chi connectivity index (χ0) is 19.2. The lowest BCUT2D eigenvalue weighted by atomic mass is 9.81. The van der Waals surface area contributed by atoms with Crippen LogP contribution in [0.2, 0.25) is 0 Å². The number of ether oxygens (including phenoxy) is 2. The summed E-state index contributed by atoms with van der Waals surface area (Å²) in [5.74, 6) is -0.759. The minimum absolute atomic E-state index is 0.0550. The van der Waals surface area contributed by atoms with Crippen molar-refractivity contribution in [1.82, 2.24) is 4.90 Å². The van der Waals surface area contributed by atoms with Crippen LogP contribution in [0.1, 0.15) is 31.7 Å². The lowest BCUT2D eigenvalue weighted by Gasteiger charge is -2.33. The number of benzene rings is 1. The van der Waals surface area contributed by atoms with Crippen LogP contribution in [-0.2, 0) is 10.3 Å². The van der Waals surface area contributed by atoms with Gasteiger partial charge in [-0.2, -0.15) is 8.78 Å². The third-order valence-electron chi connectivity index (χ3n) is 4.41. The number of nitrogens with zero attached hydrogens (tertiary/aromatic N) is 2. The number of aliphatic carboxylic acids is 1. The molecule has 1 heterocycles. The molecule has 2 rings (SSSR count). The summed E-state index contributed by atoms with van der Waals surface area (Å²) < 4.78 is 35.2. The molecule has 0 saturated carbocycles. The molecule has 6 nitrogen and oxygen atoms in total. The topological polar surface area (TPSA) is 63.4 Å². The summed E-state index contributed by atoms with van der Waals surface area (Å²) in [7, 11) is 0. The first kappa shape index (κ1) is 19.9. The fraction of sp³-hybridized carbons (Fsp3) is 0.556. The standard InChI is InChI=1S/C18H22F2N2O4/c1-3-10-25-15-11-13(4-5-14(15)26-17(19)20)18(21-2)6-8-22(9-7-18)12-16(23)24/h4-5,11,17H,3,6-10,12H2,1H3,(H,23,24). The van der Waals surface area contributed by atoms with E-state index in [1.165, 1.54) is 6.07 Å². The number of alkyl halides is 2. The van der Waals surface area contributed by atoms with E-state index in [1.54, 1.807) is 17.0 Å². The van der Waals surface area contributed by atoms with Crippen molar-refractivity contribution in [1.29, 1.82) is 0 Å². The molecule has 0 aromatic heterocycles. The zero-order valence-electron chi connectivity index (χ0n) is 14.6. The number of piperidine rings is 1. The van der Waals surface area contributed by atoms with Crippen LogP contribution >= 0.6 is 0 Å². The fourth-order valence-electron chi connectivity index (χ4n) is 3.05. The van der Waals surface area contributed by atoms with E-state index < -0.39 is 18.1 Å². The number of carbonyl (C=O) groups is 1. The maximum atomic E-state index is 12.6. The normalized spacial score (nSPS) is 16.9. The molecule has 1 aromatic rings. The molecule has 0 atom stereocenters. The Hall–Kier alpha value is -2.40. The first-order chi connectivity index (χ1) is 12.4. The molecule has 1 aromatic carbocycles. The molecule has 1 N–H and O–H groups in total. The number of likely N-dealkylation sites (tertiary alicyclic amines) is 1. The summed E-state index contributed by atoms with van der Waals surface area (Å²) in [6.45, 7) is 7.86. The second kappa shape index (κ2) is 8.81. The summed E-state index contributed by atoms with van der Waals surface area (Å²) >= 11 is 0. The predicted molar refractivity (Wildman–Crippen MR) is 90.4 cm³/mol. The number of hydrogen-bond acceptors (Lipinski definition) is 4. The largest absolute Gasteiger partial charge is 0.490 e. The summed E-state index contributed by atoms with van der Waals surface area (Å²) in [6, 6.07) is 4.61. The van der Waals surface area contributed by atoms with Crippen molar-refractivity contribution in [3.8, 4) is 11.5 Å². The highest BCUT2D eigenvalue weighted by Crippen LogP contribution is 2.41. The molecule has 142 valence electrons. The molecule has 0 spiro atoms. The average molecular weight is 368 g/mol. The molecule has 0 radical (unpaired) electrons. The molecule has 1 saturated heterocycles. The summed E-state index contributed by atoms with van der Waals surface area (Å²) in [5.41, 5.74) is -0.141. The van der Waals surface area contributed by atoms with E-state index in [1.807, 2.05) is 6.92 Å². The third kappa shape index (κ3) is 4.82. The van der Waals surface area contributed by atoms with E-state index in [2.05, 4.69) is 9.58 Å². The lowest BCUT2D eigenvalue weighted by molar-refractivity contribution is -0.138. The number of hydrogen-bond donors (Lipinski definition) is 1. The summed E-state index contributed by atoms with van der Waals surface area (Å²) in [6.07, 6.45) is 1.63. The Morgan fingerprint density at radius 2 is 2.08 bits per heavy atom. The lowest BCUT2D eigenvalue weighted by Crippen LogP contribution is -2.43. The number of carboxylic acids is 1. The molecule has 1 fully saturated rings. The van der Waals surface area contributed by atoms with E-state index in [9.17, 15) is 13.6 Å². The first-order valence-corrected chi connectivity index (χ1v) is 8.45. The maximum absolute atomic E-state index is 12.6. The highest BCUT2D eigenvalue weighted by atomic mass is 19.3. The van der Waals surface area contributed by atoms with Crippen molar-refractivity contribution in [2.75, 3.05) is 26.2 Å². The zero-order valence-corrected chi connectivity index (χ0v) is 14.6. The second-order valence-electron chi connectivity index (χ2n) is 6.20. The molecule has 0 bridgehead atoms. The highest BCUT2D eigenvalue weighted by Gasteiger charge is 2.43. The SMILES string of the molecule is [C-]#[N+]C1(c2ccc(OC(F)F)c(OCCC)c2)CCN(CC(=O)O)CC1. The maximum Gasteiger partial charge on any atom is 0.387 e. The van der Waals surface area contributed by atoms with Crippen LogP contribution in [0.25, 0.3) is 4.85 Å².